The molecule has 2 aromatic carbocycles. The highest BCUT2D eigenvalue weighted by molar-refractivity contribution is 7.91. The molecule has 17 heteroatoms. The van der Waals surface area contributed by atoms with E-state index in [1.165, 1.54) is 4.90 Å². The van der Waals surface area contributed by atoms with Gasteiger partial charge in [-0.3, -0.25) is 9.69 Å². The summed E-state index contributed by atoms with van der Waals surface area (Å²) in [7, 11) is -4.39. The van der Waals surface area contributed by atoms with Crippen molar-refractivity contribution >= 4 is 39.1 Å². The van der Waals surface area contributed by atoms with Crippen molar-refractivity contribution in [2.24, 2.45) is 0 Å². The molecule has 1 aromatic heterocycles. The van der Waals surface area contributed by atoms with Crippen molar-refractivity contribution < 1.29 is 44.8 Å². The van der Waals surface area contributed by atoms with E-state index >= 15 is 4.39 Å². The van der Waals surface area contributed by atoms with E-state index in [4.69, 9.17) is 20.9 Å². The number of fused-ring (bicyclic) bond motifs is 1. The molecule has 0 unspecified atom stereocenters. The highest BCUT2D eigenvalue weighted by atomic mass is 35.5. The number of carbonyl (C=O) groups excluding carboxylic acids is 2. The SMILES string of the molecule is CC(C)(C)OC(=O)N[C@H]1CS(=O)(=O)c2cc(F)c(-c3noc(C4(C)CCN(CC(F)(F)F)CC4)n3)cc2N(Cc2ccc(Cl)cc2)C1=O. The van der Waals surface area contributed by atoms with Gasteiger partial charge in [-0.15, -0.1) is 0 Å². The molecular weight excluding hydrogens is 682 g/mol. The molecule has 2 aliphatic heterocycles. The van der Waals surface area contributed by atoms with Crippen LogP contribution in [0.3, 0.4) is 0 Å². The number of piperidine rings is 1. The molecule has 11 nitrogen and oxygen atoms in total. The van der Waals surface area contributed by atoms with E-state index in [2.05, 4.69) is 15.5 Å². The molecule has 0 saturated carbocycles. The molecule has 0 radical (unpaired) electrons. The first-order valence-corrected chi connectivity index (χ1v) is 17.0. The van der Waals surface area contributed by atoms with Gasteiger partial charge in [0.05, 0.1) is 35.0 Å². The van der Waals surface area contributed by atoms with Crippen LogP contribution in [0.25, 0.3) is 11.4 Å². The van der Waals surface area contributed by atoms with Crippen molar-refractivity contribution in [2.45, 2.75) is 75.2 Å². The summed E-state index contributed by atoms with van der Waals surface area (Å²) in [6.45, 7) is 5.60. The first-order chi connectivity index (χ1) is 22.2. The average molecular weight is 716 g/mol. The van der Waals surface area contributed by atoms with Crippen LogP contribution in [0.2, 0.25) is 5.02 Å². The van der Waals surface area contributed by atoms with Crippen molar-refractivity contribution in [1.82, 2.24) is 20.4 Å². The Morgan fingerprint density at radius 1 is 1.15 bits per heavy atom. The third kappa shape index (κ3) is 8.09. The van der Waals surface area contributed by atoms with Gasteiger partial charge in [-0.05, 0) is 76.5 Å². The van der Waals surface area contributed by atoms with Gasteiger partial charge in [-0.2, -0.15) is 18.2 Å². The number of anilines is 1. The number of nitrogens with one attached hydrogen (secondary N) is 1. The largest absolute Gasteiger partial charge is 0.444 e. The van der Waals surface area contributed by atoms with Gasteiger partial charge in [0.15, 0.2) is 9.84 Å². The Kier molecular flexibility index (Phi) is 9.58. The van der Waals surface area contributed by atoms with Crippen LogP contribution in [0.15, 0.2) is 45.8 Å². The van der Waals surface area contributed by atoms with Crippen LogP contribution in [-0.4, -0.2) is 78.7 Å². The van der Waals surface area contributed by atoms with Gasteiger partial charge in [0.2, 0.25) is 11.7 Å². The summed E-state index contributed by atoms with van der Waals surface area (Å²) in [6.07, 6.45) is -4.82. The lowest BCUT2D eigenvalue weighted by atomic mass is 9.80. The topological polar surface area (TPSA) is 135 Å². The second kappa shape index (κ2) is 12.9. The van der Waals surface area contributed by atoms with Gasteiger partial charge >= 0.3 is 12.3 Å². The monoisotopic (exact) mass is 715 g/mol. The first kappa shape index (κ1) is 35.5. The summed E-state index contributed by atoms with van der Waals surface area (Å²) in [6, 6.07) is 6.73. The number of benzene rings is 2. The molecule has 260 valence electrons. The number of carbonyl (C=O) groups is 2. The second-order valence-electron chi connectivity index (χ2n) is 13.2. The Bertz CT molecular complexity index is 1800. The van der Waals surface area contributed by atoms with Crippen LogP contribution in [0.5, 0.6) is 0 Å². The van der Waals surface area contributed by atoms with Crippen molar-refractivity contribution in [2.75, 3.05) is 30.3 Å². The van der Waals surface area contributed by atoms with Crippen LogP contribution >= 0.6 is 11.6 Å². The Morgan fingerprint density at radius 2 is 1.79 bits per heavy atom. The standard InChI is InChI=1S/C31H34ClF4N5O6S/c1-29(2,3)46-28(43)37-22-16-48(44,45)24-14-21(33)20(13-23(24)41(26(22)42)15-18-5-7-19(32)8-6-18)25-38-27(47-39-25)30(4)9-11-40(12-10-30)17-31(34,35)36/h5-8,13-14,22H,9-12,15-17H2,1-4H3,(H,37,43)/t22-/m0/s1. The maximum absolute atomic E-state index is 15.8. The molecule has 1 saturated heterocycles. The number of likely N-dealkylation sites (tertiary alicyclic amines) is 1. The molecule has 0 aliphatic carbocycles. The summed E-state index contributed by atoms with van der Waals surface area (Å²) in [5, 5.41) is 6.69. The molecule has 2 amide bonds. The van der Waals surface area contributed by atoms with E-state index in [1.54, 1.807) is 52.0 Å². The second-order valence-corrected chi connectivity index (χ2v) is 15.6. The number of nitrogens with zero attached hydrogens (tertiary/aromatic N) is 4. The van der Waals surface area contributed by atoms with Crippen molar-refractivity contribution in [3.05, 3.63) is 58.7 Å². The van der Waals surface area contributed by atoms with Crippen LogP contribution in [0.1, 0.15) is 52.0 Å². The van der Waals surface area contributed by atoms with Crippen molar-refractivity contribution in [3.8, 4) is 11.4 Å². The maximum Gasteiger partial charge on any atom is 0.408 e. The number of ether oxygens (including phenoxy) is 1. The summed E-state index contributed by atoms with van der Waals surface area (Å²) in [5.41, 5.74) is -1.65. The highest BCUT2D eigenvalue weighted by Crippen LogP contribution is 2.39. The summed E-state index contributed by atoms with van der Waals surface area (Å²) < 4.78 is 92.5. The number of alkyl halides is 3. The predicted octanol–water partition coefficient (Wildman–Crippen LogP) is 5.66. The van der Waals surface area contributed by atoms with E-state index in [1.807, 2.05) is 0 Å². The van der Waals surface area contributed by atoms with E-state index in [9.17, 15) is 31.2 Å². The quantitative estimate of drug-likeness (QED) is 0.321. The normalized spacial score (nSPS) is 19.8. The molecule has 1 fully saturated rings. The Balaban J connectivity index is 1.52. The lowest BCUT2D eigenvalue weighted by Gasteiger charge is -2.37. The number of alkyl carbamates (subject to hydrolysis) is 1. The van der Waals surface area contributed by atoms with Crippen LogP contribution in [0.4, 0.5) is 28.0 Å². The number of rotatable bonds is 6. The lowest BCUT2D eigenvalue weighted by molar-refractivity contribution is -0.149. The molecule has 1 N–H and O–H groups in total. The Labute approximate surface area is 279 Å². The third-order valence-corrected chi connectivity index (χ3v) is 10.1. The van der Waals surface area contributed by atoms with Crippen molar-refractivity contribution in [3.63, 3.8) is 0 Å². The summed E-state index contributed by atoms with van der Waals surface area (Å²) in [5.74, 6) is -2.85. The molecular formula is C31H34ClF4N5O6S. The van der Waals surface area contributed by atoms with Gasteiger partial charge in [0, 0.05) is 10.4 Å². The minimum absolute atomic E-state index is 0.0850. The molecule has 0 spiro atoms. The van der Waals surface area contributed by atoms with Gasteiger partial charge in [0.25, 0.3) is 5.91 Å². The third-order valence-electron chi connectivity index (χ3n) is 8.12. The van der Waals surface area contributed by atoms with Crippen molar-refractivity contribution in [1.29, 1.82) is 0 Å². The lowest BCUT2D eigenvalue weighted by Crippen LogP contribution is -2.51. The fourth-order valence-corrected chi connectivity index (χ4v) is 7.34. The number of hydrogen-bond donors (Lipinski definition) is 1. The van der Waals surface area contributed by atoms with Crippen LogP contribution in [-0.2, 0) is 31.3 Å². The van der Waals surface area contributed by atoms with Gasteiger partial charge < -0.3 is 19.5 Å². The minimum Gasteiger partial charge on any atom is -0.444 e. The van der Waals surface area contributed by atoms with Crippen LogP contribution in [0, 0.1) is 5.82 Å². The maximum atomic E-state index is 15.8. The van der Waals surface area contributed by atoms with Gasteiger partial charge in [-0.1, -0.05) is 35.8 Å². The molecule has 3 heterocycles. The van der Waals surface area contributed by atoms with Gasteiger partial charge in [-0.25, -0.2) is 17.6 Å². The number of sulfone groups is 1. The predicted molar refractivity (Wildman–Crippen MR) is 167 cm³/mol. The fraction of sp³-hybridized carbons (Fsp3) is 0.484. The van der Waals surface area contributed by atoms with Crippen LogP contribution < -0.4 is 10.2 Å². The molecule has 1 atom stereocenters. The van der Waals surface area contributed by atoms with E-state index in [-0.39, 0.29) is 55.4 Å². The summed E-state index contributed by atoms with van der Waals surface area (Å²) in [4.78, 5) is 32.9. The fourth-order valence-electron chi connectivity index (χ4n) is 5.60. The zero-order chi connectivity index (χ0) is 35.2. The zero-order valence-corrected chi connectivity index (χ0v) is 28.1. The molecule has 48 heavy (non-hydrogen) atoms. The number of hydrogen-bond acceptors (Lipinski definition) is 9. The van der Waals surface area contributed by atoms with E-state index in [0.29, 0.717) is 10.6 Å². The Hall–Kier alpha value is -3.76. The van der Waals surface area contributed by atoms with E-state index < -0.39 is 68.1 Å². The molecule has 3 aromatic rings. The smallest absolute Gasteiger partial charge is 0.408 e. The molecule has 0 bridgehead atoms. The molecule has 5 rings (SSSR count). The zero-order valence-electron chi connectivity index (χ0n) is 26.5. The number of halogens is 5. The Morgan fingerprint density at radius 3 is 2.40 bits per heavy atom. The first-order valence-electron chi connectivity index (χ1n) is 15.0. The highest BCUT2D eigenvalue weighted by Gasteiger charge is 2.42. The van der Waals surface area contributed by atoms with Gasteiger partial charge in [0.1, 0.15) is 17.5 Å². The molecule has 2 aliphatic rings. The van der Waals surface area contributed by atoms with E-state index in [0.717, 1.165) is 17.0 Å². The minimum atomic E-state index is -4.39. The summed E-state index contributed by atoms with van der Waals surface area (Å²) >= 11 is 6.03. The average Bonchev–Trinajstić information content (AvgIpc) is 3.45. The number of aromatic nitrogens is 2. The number of amides is 2.